The van der Waals surface area contributed by atoms with Crippen LogP contribution in [0.15, 0.2) is 59.6 Å². The number of hydrogen-bond donors (Lipinski definition) is 2. The average molecular weight is 545 g/mol. The number of sulfone groups is 1. The van der Waals surface area contributed by atoms with E-state index in [1.54, 1.807) is 12.1 Å². The van der Waals surface area contributed by atoms with Gasteiger partial charge in [0.05, 0.1) is 34.6 Å². The highest BCUT2D eigenvalue weighted by molar-refractivity contribution is 7.92. The van der Waals surface area contributed by atoms with Gasteiger partial charge in [0.25, 0.3) is 5.91 Å². The largest absolute Gasteiger partial charge is 0.478 e. The predicted molar refractivity (Wildman–Crippen MR) is 134 cm³/mol. The Morgan fingerprint density at radius 2 is 1.81 bits per heavy atom. The van der Waals surface area contributed by atoms with Crippen molar-refractivity contribution >= 4 is 38.2 Å². The van der Waals surface area contributed by atoms with Crippen LogP contribution in [0.25, 0.3) is 0 Å². The molecule has 1 unspecified atom stereocenters. The van der Waals surface area contributed by atoms with Crippen molar-refractivity contribution in [2.24, 2.45) is 0 Å². The second-order valence-corrected chi connectivity index (χ2v) is 11.9. The number of anilines is 1. The maximum atomic E-state index is 13.2. The number of aromatic nitrogens is 1. The Kier molecular flexibility index (Phi) is 7.24. The van der Waals surface area contributed by atoms with Crippen LogP contribution in [0, 0.1) is 0 Å². The van der Waals surface area contributed by atoms with Gasteiger partial charge in [0.1, 0.15) is 5.75 Å². The van der Waals surface area contributed by atoms with Crippen LogP contribution in [-0.2, 0) is 24.1 Å². The van der Waals surface area contributed by atoms with Gasteiger partial charge < -0.3 is 19.3 Å². The third-order valence-corrected chi connectivity index (χ3v) is 9.03. The van der Waals surface area contributed by atoms with Crippen LogP contribution in [0.1, 0.15) is 41.3 Å². The van der Waals surface area contributed by atoms with E-state index in [1.165, 1.54) is 42.6 Å². The number of nitrogens with one attached hydrogen (secondary N) is 1. The maximum absolute atomic E-state index is 13.2. The zero-order valence-corrected chi connectivity index (χ0v) is 21.2. The van der Waals surface area contributed by atoms with E-state index in [0.717, 1.165) is 11.3 Å². The molecule has 37 heavy (non-hydrogen) atoms. The third-order valence-electron chi connectivity index (χ3n) is 5.96. The molecule has 1 aliphatic heterocycles. The third kappa shape index (κ3) is 5.99. The highest BCUT2D eigenvalue weighted by Crippen LogP contribution is 2.35. The van der Waals surface area contributed by atoms with Crippen molar-refractivity contribution in [2.75, 3.05) is 18.5 Å². The van der Waals surface area contributed by atoms with Gasteiger partial charge in [0, 0.05) is 6.61 Å². The minimum atomic E-state index is -3.34. The minimum absolute atomic E-state index is 0.140. The average Bonchev–Trinajstić information content (AvgIpc) is 3.47. The summed E-state index contributed by atoms with van der Waals surface area (Å²) in [5.41, 5.74) is 0.659. The Labute approximate surface area is 217 Å². The highest BCUT2D eigenvalue weighted by Gasteiger charge is 2.37. The fraction of sp³-hybridized carbons (Fsp3) is 0.320. The number of carbonyl (C=O) groups excluding carboxylic acids is 1. The van der Waals surface area contributed by atoms with Crippen LogP contribution in [0.2, 0.25) is 0 Å². The number of carbonyl (C=O) groups is 2. The van der Waals surface area contributed by atoms with E-state index >= 15 is 0 Å². The first-order chi connectivity index (χ1) is 17.8. The van der Waals surface area contributed by atoms with Gasteiger partial charge in [-0.15, -0.1) is 0 Å². The van der Waals surface area contributed by atoms with Crippen molar-refractivity contribution in [3.05, 3.63) is 65.9 Å². The predicted octanol–water partition coefficient (Wildman–Crippen LogP) is 4.06. The summed E-state index contributed by atoms with van der Waals surface area (Å²) in [5, 5.41) is 12.1. The molecule has 2 aliphatic rings. The molecule has 12 heteroatoms. The number of hydrogen-bond acceptors (Lipinski definition) is 9. The molecule has 1 aliphatic carbocycles. The van der Waals surface area contributed by atoms with E-state index < -0.39 is 27.8 Å². The smallest absolute Gasteiger partial charge is 0.335 e. The van der Waals surface area contributed by atoms with Gasteiger partial charge in [-0.05, 0) is 61.2 Å². The lowest BCUT2D eigenvalue weighted by molar-refractivity contribution is -0.131. The molecule has 3 aromatic rings. The summed E-state index contributed by atoms with van der Waals surface area (Å²) in [7, 11) is -3.34. The molecule has 2 atom stereocenters. The van der Waals surface area contributed by atoms with Gasteiger partial charge in [-0.2, -0.15) is 0 Å². The van der Waals surface area contributed by atoms with E-state index in [0.29, 0.717) is 48.9 Å². The molecular formula is C25H24N2O8S2. The first-order valence-electron chi connectivity index (χ1n) is 11.6. The van der Waals surface area contributed by atoms with Gasteiger partial charge in [-0.1, -0.05) is 23.5 Å². The number of thiazole rings is 1. The van der Waals surface area contributed by atoms with E-state index in [2.05, 4.69) is 10.3 Å². The van der Waals surface area contributed by atoms with Gasteiger partial charge >= 0.3 is 5.97 Å². The Balaban J connectivity index is 1.29. The summed E-state index contributed by atoms with van der Waals surface area (Å²) in [5.74, 6) is -1.07. The number of rotatable bonds is 10. The van der Waals surface area contributed by atoms with Crippen molar-refractivity contribution in [3.8, 4) is 10.8 Å². The van der Waals surface area contributed by atoms with Crippen LogP contribution in [0.3, 0.4) is 0 Å². The lowest BCUT2D eigenvalue weighted by Crippen LogP contribution is -2.28. The molecule has 2 heterocycles. The summed E-state index contributed by atoms with van der Waals surface area (Å²) in [4.78, 5) is 28.7. The van der Waals surface area contributed by atoms with Crippen molar-refractivity contribution in [2.45, 2.75) is 41.6 Å². The van der Waals surface area contributed by atoms with Crippen LogP contribution < -0.4 is 10.1 Å². The van der Waals surface area contributed by atoms with Crippen molar-refractivity contribution in [3.63, 3.8) is 0 Å². The van der Waals surface area contributed by atoms with Crippen molar-refractivity contribution < 1.29 is 37.3 Å². The highest BCUT2D eigenvalue weighted by atomic mass is 32.2. The van der Waals surface area contributed by atoms with E-state index in [4.69, 9.17) is 19.3 Å². The SMILES string of the molecule is O=C(O)c1ccc(Oc2cnc(NC(=O)C(O[C@H]3CCOC3)c3ccc(S(=O)(=O)C4CC4)cc3)s2)cc1. The van der Waals surface area contributed by atoms with E-state index in [9.17, 15) is 18.0 Å². The zero-order valence-electron chi connectivity index (χ0n) is 19.5. The molecule has 2 aromatic carbocycles. The lowest BCUT2D eigenvalue weighted by Gasteiger charge is -2.21. The normalized spacial score (nSPS) is 18.3. The van der Waals surface area contributed by atoms with Gasteiger partial charge in [0.15, 0.2) is 21.1 Å². The molecule has 5 rings (SSSR count). The second kappa shape index (κ2) is 10.6. The number of amides is 1. The number of nitrogens with zero attached hydrogens (tertiary/aromatic N) is 1. The summed E-state index contributed by atoms with van der Waals surface area (Å²) >= 11 is 1.10. The Hall–Kier alpha value is -3.32. The van der Waals surface area contributed by atoms with Crippen LogP contribution >= 0.6 is 11.3 Å². The molecule has 0 spiro atoms. The molecule has 1 saturated heterocycles. The van der Waals surface area contributed by atoms with E-state index in [-0.39, 0.29) is 26.9 Å². The number of benzene rings is 2. The lowest BCUT2D eigenvalue weighted by atomic mass is 10.1. The van der Waals surface area contributed by atoms with Crippen LogP contribution in [-0.4, -0.2) is 55.0 Å². The first kappa shape index (κ1) is 25.3. The molecule has 0 bridgehead atoms. The summed E-state index contributed by atoms with van der Waals surface area (Å²) in [6, 6.07) is 12.2. The molecule has 194 valence electrons. The topological polar surface area (TPSA) is 141 Å². The Morgan fingerprint density at radius 3 is 2.43 bits per heavy atom. The summed E-state index contributed by atoms with van der Waals surface area (Å²) < 4.78 is 42.2. The van der Waals surface area contributed by atoms with E-state index in [1.807, 2.05) is 0 Å². The summed E-state index contributed by atoms with van der Waals surface area (Å²) in [6.45, 7) is 0.909. The quantitative estimate of drug-likeness (QED) is 0.386. The fourth-order valence-corrected chi connectivity index (χ4v) is 6.17. The van der Waals surface area contributed by atoms with Crippen LogP contribution in [0.5, 0.6) is 10.8 Å². The molecule has 2 fully saturated rings. The van der Waals surface area contributed by atoms with Gasteiger partial charge in [-0.25, -0.2) is 18.2 Å². The molecule has 2 N–H and O–H groups in total. The molecule has 1 amide bonds. The standard InChI is InChI=1S/C25H24N2O8S2/c28-23(27-25-26-13-21(36-25)34-17-5-1-16(2-6-17)24(29)30)22(35-18-11-12-33-14-18)15-3-7-19(8-4-15)37(31,32)20-9-10-20/h1-8,13,18,20,22H,9-12,14H2,(H,29,30)(H,26,27,28)/t18-,22?/m0/s1. The molecule has 1 aromatic heterocycles. The molecule has 1 saturated carbocycles. The number of aromatic carboxylic acids is 1. The second-order valence-electron chi connectivity index (χ2n) is 8.72. The number of carboxylic acids is 1. The van der Waals surface area contributed by atoms with Gasteiger partial charge in [-0.3, -0.25) is 10.1 Å². The van der Waals surface area contributed by atoms with Crippen LogP contribution in [0.4, 0.5) is 5.13 Å². The zero-order chi connectivity index (χ0) is 26.0. The monoisotopic (exact) mass is 544 g/mol. The summed E-state index contributed by atoms with van der Waals surface area (Å²) in [6.07, 6.45) is 2.17. The fourth-order valence-electron chi connectivity index (χ4n) is 3.82. The minimum Gasteiger partial charge on any atom is -0.478 e. The van der Waals surface area contributed by atoms with Crippen molar-refractivity contribution in [1.82, 2.24) is 4.98 Å². The number of carboxylic acid groups (broad SMARTS) is 1. The molecule has 10 nitrogen and oxygen atoms in total. The maximum Gasteiger partial charge on any atom is 0.335 e. The Bertz CT molecular complexity index is 1380. The first-order valence-corrected chi connectivity index (χ1v) is 14.0. The van der Waals surface area contributed by atoms with Gasteiger partial charge in [0.2, 0.25) is 5.06 Å². The Morgan fingerprint density at radius 1 is 1.08 bits per heavy atom. The van der Waals surface area contributed by atoms with Crippen molar-refractivity contribution in [1.29, 1.82) is 0 Å². The molecular weight excluding hydrogens is 520 g/mol. The number of ether oxygens (including phenoxy) is 3. The molecule has 0 radical (unpaired) electrons.